The predicted octanol–water partition coefficient (Wildman–Crippen LogP) is 0.555. The van der Waals surface area contributed by atoms with Crippen molar-refractivity contribution < 1.29 is 28.2 Å². The Morgan fingerprint density at radius 3 is 2.55 bits per heavy atom. The largest absolute Gasteiger partial charge is 0.418 e. The summed E-state index contributed by atoms with van der Waals surface area (Å²) >= 11 is 0. The minimum atomic E-state index is -4.78. The smallest absolute Gasteiger partial charge is 0.379 e. The Labute approximate surface area is 112 Å². The summed E-state index contributed by atoms with van der Waals surface area (Å²) in [6, 6.07) is 4.78. The number of carbonyl (C=O) groups is 1. The Balaban J connectivity index is 2.12. The molecule has 5 nitrogen and oxygen atoms in total. The van der Waals surface area contributed by atoms with Gasteiger partial charge in [-0.25, -0.2) is 0 Å². The van der Waals surface area contributed by atoms with Crippen LogP contribution in [-0.2, 0) is 4.79 Å². The summed E-state index contributed by atoms with van der Waals surface area (Å²) in [6.45, 7) is 0.174. The normalized spacial score (nSPS) is 19.1. The van der Waals surface area contributed by atoms with Gasteiger partial charge in [0.2, 0.25) is 0 Å². The fraction of sp³-hybridized carbons (Fsp3) is 0.417. The molecule has 1 heterocycles. The third-order valence-corrected chi connectivity index (χ3v) is 3.03. The lowest BCUT2D eigenvalue weighted by atomic mass is 9.96. The molecular formula is C12H13F3N2O3. The Hall–Kier alpha value is -1.64. The number of β-amino-alcohol motifs (C(OH)–C–C–N with tert-alkyl or cyclic N) is 1. The predicted molar refractivity (Wildman–Crippen MR) is 63.9 cm³/mol. The number of halogens is 3. The average molecular weight is 290 g/mol. The van der Waals surface area contributed by atoms with Gasteiger partial charge in [0.05, 0.1) is 0 Å². The van der Waals surface area contributed by atoms with Crippen LogP contribution in [0.3, 0.4) is 0 Å². The lowest BCUT2D eigenvalue weighted by Crippen LogP contribution is -2.65. The number of rotatable bonds is 3. The zero-order chi connectivity index (χ0) is 15.0. The van der Waals surface area contributed by atoms with Gasteiger partial charge in [0.1, 0.15) is 0 Å². The molecule has 2 rings (SSSR count). The van der Waals surface area contributed by atoms with Gasteiger partial charge in [-0.1, -0.05) is 12.1 Å². The molecule has 1 atom stereocenters. The Morgan fingerprint density at radius 2 is 2.05 bits per heavy atom. The lowest BCUT2D eigenvalue weighted by molar-refractivity contribution is -0.206. The molecule has 1 fully saturated rings. The molecule has 1 aliphatic heterocycles. The van der Waals surface area contributed by atoms with E-state index in [1.54, 1.807) is 0 Å². The molecule has 1 amide bonds. The van der Waals surface area contributed by atoms with Crippen molar-refractivity contribution in [1.29, 1.82) is 0 Å². The first-order chi connectivity index (χ1) is 9.22. The van der Waals surface area contributed by atoms with Crippen molar-refractivity contribution >= 4 is 11.6 Å². The second-order valence-corrected chi connectivity index (χ2v) is 4.66. The van der Waals surface area contributed by atoms with E-state index in [9.17, 15) is 23.1 Å². The molecule has 8 heteroatoms. The topological polar surface area (TPSA) is 81.6 Å². The number of anilines is 1. The van der Waals surface area contributed by atoms with E-state index < -0.39 is 23.8 Å². The maximum atomic E-state index is 12.4. The summed E-state index contributed by atoms with van der Waals surface area (Å²) in [7, 11) is 0. The SMILES string of the molecule is O=C(Nc1cccc(C(O)C(F)(F)F)c1)C1(O)CNC1. The molecule has 0 spiro atoms. The first-order valence-electron chi connectivity index (χ1n) is 5.82. The fourth-order valence-corrected chi connectivity index (χ4v) is 1.75. The third kappa shape index (κ3) is 2.92. The molecule has 4 N–H and O–H groups in total. The van der Waals surface area contributed by atoms with E-state index in [0.717, 1.165) is 12.1 Å². The highest BCUT2D eigenvalue weighted by atomic mass is 19.4. The van der Waals surface area contributed by atoms with Crippen LogP contribution in [0.4, 0.5) is 18.9 Å². The second kappa shape index (κ2) is 5.04. The van der Waals surface area contributed by atoms with Crippen LogP contribution in [-0.4, -0.2) is 41.0 Å². The summed E-state index contributed by atoms with van der Waals surface area (Å²) in [4.78, 5) is 11.7. The summed E-state index contributed by atoms with van der Waals surface area (Å²) in [5.74, 6) is -0.699. The van der Waals surface area contributed by atoms with Crippen molar-refractivity contribution in [2.24, 2.45) is 0 Å². The summed E-state index contributed by atoms with van der Waals surface area (Å²) < 4.78 is 37.2. The maximum absolute atomic E-state index is 12.4. The van der Waals surface area contributed by atoms with E-state index in [4.69, 9.17) is 5.11 Å². The summed E-state index contributed by atoms with van der Waals surface area (Å²) in [6.07, 6.45) is -7.40. The summed E-state index contributed by atoms with van der Waals surface area (Å²) in [5, 5.41) is 23.9. The van der Waals surface area contributed by atoms with Crippen molar-refractivity contribution in [3.8, 4) is 0 Å². The standard InChI is InChI=1S/C12H13F3N2O3/c13-12(14,15)9(18)7-2-1-3-8(4-7)17-10(19)11(20)5-16-6-11/h1-4,9,16,18,20H,5-6H2,(H,17,19). The van der Waals surface area contributed by atoms with E-state index in [-0.39, 0.29) is 24.3 Å². The highest BCUT2D eigenvalue weighted by Gasteiger charge is 2.42. The number of hydrogen-bond donors (Lipinski definition) is 4. The zero-order valence-electron chi connectivity index (χ0n) is 10.2. The van der Waals surface area contributed by atoms with Gasteiger partial charge in [0.15, 0.2) is 11.7 Å². The highest BCUT2D eigenvalue weighted by molar-refractivity contribution is 5.98. The third-order valence-electron chi connectivity index (χ3n) is 3.03. The Morgan fingerprint density at radius 1 is 1.40 bits per heavy atom. The molecule has 0 aliphatic carbocycles. The van der Waals surface area contributed by atoms with Crippen LogP contribution in [0.1, 0.15) is 11.7 Å². The fourth-order valence-electron chi connectivity index (χ4n) is 1.75. The van der Waals surface area contributed by atoms with Crippen molar-refractivity contribution in [3.63, 3.8) is 0 Å². The second-order valence-electron chi connectivity index (χ2n) is 4.66. The van der Waals surface area contributed by atoms with Crippen LogP contribution in [0.2, 0.25) is 0 Å². The van der Waals surface area contributed by atoms with Crippen molar-refractivity contribution in [2.75, 3.05) is 18.4 Å². The first-order valence-corrected chi connectivity index (χ1v) is 5.82. The molecule has 1 unspecified atom stereocenters. The van der Waals surface area contributed by atoms with Gasteiger partial charge in [0, 0.05) is 18.8 Å². The number of nitrogens with one attached hydrogen (secondary N) is 2. The van der Waals surface area contributed by atoms with E-state index in [2.05, 4.69) is 10.6 Å². The number of aliphatic hydroxyl groups excluding tert-OH is 1. The molecule has 1 aromatic rings. The number of carbonyl (C=O) groups excluding carboxylic acids is 1. The van der Waals surface area contributed by atoms with Crippen LogP contribution in [0, 0.1) is 0 Å². The van der Waals surface area contributed by atoms with E-state index >= 15 is 0 Å². The zero-order valence-corrected chi connectivity index (χ0v) is 10.2. The maximum Gasteiger partial charge on any atom is 0.418 e. The number of amides is 1. The van der Waals surface area contributed by atoms with Crippen molar-refractivity contribution in [2.45, 2.75) is 17.9 Å². The van der Waals surface area contributed by atoms with E-state index in [0.29, 0.717) is 0 Å². The van der Waals surface area contributed by atoms with Crippen molar-refractivity contribution in [1.82, 2.24) is 5.32 Å². The molecular weight excluding hydrogens is 277 g/mol. The van der Waals surface area contributed by atoms with Gasteiger partial charge in [-0.05, 0) is 17.7 Å². The molecule has 1 aromatic carbocycles. The molecule has 1 aliphatic rings. The van der Waals surface area contributed by atoms with Crippen LogP contribution in [0.5, 0.6) is 0 Å². The van der Waals surface area contributed by atoms with Crippen LogP contribution in [0.25, 0.3) is 0 Å². The van der Waals surface area contributed by atoms with Crippen LogP contribution >= 0.6 is 0 Å². The van der Waals surface area contributed by atoms with Gasteiger partial charge >= 0.3 is 6.18 Å². The van der Waals surface area contributed by atoms with Crippen molar-refractivity contribution in [3.05, 3.63) is 29.8 Å². The van der Waals surface area contributed by atoms with Gasteiger partial charge in [-0.3, -0.25) is 4.79 Å². The van der Waals surface area contributed by atoms with Gasteiger partial charge in [0.25, 0.3) is 5.91 Å². The minimum Gasteiger partial charge on any atom is -0.379 e. The molecule has 110 valence electrons. The number of hydrogen-bond acceptors (Lipinski definition) is 4. The first kappa shape index (κ1) is 14.8. The Kier molecular flexibility index (Phi) is 3.72. The molecule has 0 bridgehead atoms. The monoisotopic (exact) mass is 290 g/mol. The molecule has 0 radical (unpaired) electrons. The van der Waals surface area contributed by atoms with Gasteiger partial charge in [-0.2, -0.15) is 13.2 Å². The summed E-state index contributed by atoms with van der Waals surface area (Å²) in [5.41, 5.74) is -1.84. The van der Waals surface area contributed by atoms with Gasteiger partial charge in [-0.15, -0.1) is 0 Å². The Bertz CT molecular complexity index is 515. The van der Waals surface area contributed by atoms with E-state index in [1.807, 2.05) is 0 Å². The molecule has 0 saturated carbocycles. The minimum absolute atomic E-state index is 0.0797. The highest BCUT2D eigenvalue weighted by Crippen LogP contribution is 2.33. The molecule has 0 aromatic heterocycles. The molecule has 1 saturated heterocycles. The average Bonchev–Trinajstić information content (AvgIpc) is 2.34. The lowest BCUT2D eigenvalue weighted by Gasteiger charge is -2.35. The number of benzene rings is 1. The van der Waals surface area contributed by atoms with Crippen LogP contribution in [0.15, 0.2) is 24.3 Å². The molecule has 20 heavy (non-hydrogen) atoms. The van der Waals surface area contributed by atoms with E-state index in [1.165, 1.54) is 12.1 Å². The quantitative estimate of drug-likeness (QED) is 0.655. The number of alkyl halides is 3. The van der Waals surface area contributed by atoms with Crippen LogP contribution < -0.4 is 10.6 Å². The van der Waals surface area contributed by atoms with Gasteiger partial charge < -0.3 is 20.8 Å². The number of aliphatic hydroxyl groups is 2.